The highest BCUT2D eigenvalue weighted by Gasteiger charge is 2.26. The Hall–Kier alpha value is -5.62. The molecular formula is C44H69Cl3N15O7+. The van der Waals surface area contributed by atoms with Gasteiger partial charge < -0.3 is 65.8 Å². The number of ether oxygens (including phenoxy) is 1. The van der Waals surface area contributed by atoms with E-state index in [4.69, 9.17) is 16.3 Å². The van der Waals surface area contributed by atoms with Crippen molar-refractivity contribution in [1.29, 1.82) is 0 Å². The zero-order valence-corrected chi connectivity index (χ0v) is 41.6. The highest BCUT2D eigenvalue weighted by molar-refractivity contribution is 6.30. The molecule has 0 unspecified atom stereocenters. The summed E-state index contributed by atoms with van der Waals surface area (Å²) in [6.45, 7) is 22.9. The Labute approximate surface area is 422 Å². The van der Waals surface area contributed by atoms with Gasteiger partial charge in [0.1, 0.15) is 12.6 Å². The van der Waals surface area contributed by atoms with Crippen LogP contribution >= 0.6 is 36.4 Å². The number of hydrogen-bond acceptors (Lipinski definition) is 18. The predicted molar refractivity (Wildman–Crippen MR) is 276 cm³/mol. The molecule has 0 bridgehead atoms. The second-order valence-corrected chi connectivity index (χ2v) is 16.6. The Bertz CT molecular complexity index is 2000. The van der Waals surface area contributed by atoms with E-state index in [2.05, 4.69) is 62.0 Å². The SMILES string of the molecule is C.C1CNCCN1.C[N+](=O)c1ccc(N2CCNCC2)cn1.Cc1ccc(N2CCN(C(=O)OC(C)(C)C)CC2)cn1.Cl.Cl.O=[N+]([O-])c1ccc(Cl)cn1.O=[N+]([O-])c1ccc(N2CCNCC2)cn1. The molecule has 0 spiro atoms. The number of halogens is 3. The molecule has 0 radical (unpaired) electrons. The number of aryl methyl sites for hydroxylation is 1. The number of nitroso groups, excluding NO2 is 1. The van der Waals surface area contributed by atoms with E-state index in [1.165, 1.54) is 31.4 Å². The van der Waals surface area contributed by atoms with E-state index >= 15 is 0 Å². The summed E-state index contributed by atoms with van der Waals surface area (Å²) in [6.07, 6.45) is 6.22. The van der Waals surface area contributed by atoms with Crippen molar-refractivity contribution in [3.8, 4) is 0 Å². The maximum atomic E-state index is 12.0. The number of amides is 1. The van der Waals surface area contributed by atoms with Crippen LogP contribution in [0.5, 0.6) is 0 Å². The van der Waals surface area contributed by atoms with Gasteiger partial charge in [0.15, 0.2) is 18.6 Å². The molecule has 382 valence electrons. The first kappa shape index (κ1) is 61.4. The Balaban J connectivity index is 0.000000444. The first-order valence-corrected chi connectivity index (χ1v) is 22.2. The van der Waals surface area contributed by atoms with Crippen LogP contribution in [-0.2, 0) is 4.74 Å². The van der Waals surface area contributed by atoms with Crippen LogP contribution in [0.1, 0.15) is 33.9 Å². The third kappa shape index (κ3) is 23.0. The Morgan fingerprint density at radius 2 is 0.957 bits per heavy atom. The summed E-state index contributed by atoms with van der Waals surface area (Å²) < 4.78 is 6.16. The third-order valence-corrected chi connectivity index (χ3v) is 10.2. The zero-order chi connectivity index (χ0) is 47.9. The van der Waals surface area contributed by atoms with Crippen LogP contribution in [0.3, 0.4) is 0 Å². The van der Waals surface area contributed by atoms with Crippen molar-refractivity contribution in [3.05, 3.63) is 109 Å². The maximum absolute atomic E-state index is 12.0. The van der Waals surface area contributed by atoms with Gasteiger partial charge in [-0.15, -0.1) is 24.8 Å². The Morgan fingerprint density at radius 1 is 0.580 bits per heavy atom. The van der Waals surface area contributed by atoms with Gasteiger partial charge in [0.05, 0.1) is 28.3 Å². The summed E-state index contributed by atoms with van der Waals surface area (Å²) in [5.41, 5.74) is 3.72. The van der Waals surface area contributed by atoms with Gasteiger partial charge in [0, 0.05) is 129 Å². The monoisotopic (exact) mass is 1020 g/mol. The van der Waals surface area contributed by atoms with Crippen molar-refractivity contribution in [2.45, 2.75) is 40.7 Å². The summed E-state index contributed by atoms with van der Waals surface area (Å²) in [6, 6.07) is 13.6. The van der Waals surface area contributed by atoms with Crippen molar-refractivity contribution < 1.29 is 24.1 Å². The fraction of sp³-hybridized carbons (Fsp3) is 0.523. The fourth-order valence-electron chi connectivity index (χ4n) is 6.47. The number of hydrogen-bond donors (Lipinski definition) is 4. The van der Waals surface area contributed by atoms with Gasteiger partial charge in [-0.2, -0.15) is 0 Å². The number of carbonyl (C=O) groups is 1. The van der Waals surface area contributed by atoms with Gasteiger partial charge in [0.25, 0.3) is 0 Å². The first-order valence-electron chi connectivity index (χ1n) is 21.8. The van der Waals surface area contributed by atoms with Crippen LogP contribution in [0.4, 0.5) is 39.3 Å². The van der Waals surface area contributed by atoms with E-state index in [9.17, 15) is 29.9 Å². The lowest BCUT2D eigenvalue weighted by Gasteiger charge is -2.36. The van der Waals surface area contributed by atoms with Crippen LogP contribution in [0.15, 0.2) is 73.3 Å². The molecule has 69 heavy (non-hydrogen) atoms. The van der Waals surface area contributed by atoms with Crippen LogP contribution in [-0.4, -0.2) is 163 Å². The molecule has 1 amide bonds. The molecule has 4 aromatic rings. The lowest BCUT2D eigenvalue weighted by Crippen LogP contribution is -2.50. The summed E-state index contributed by atoms with van der Waals surface area (Å²) in [7, 11) is 1.45. The minimum absolute atomic E-state index is 0. The van der Waals surface area contributed by atoms with E-state index in [1.807, 2.05) is 46.0 Å². The molecule has 8 heterocycles. The molecule has 8 rings (SSSR count). The molecular weight excluding hydrogens is 957 g/mol. The molecule has 25 heteroatoms. The normalized spacial score (nSPS) is 15.3. The summed E-state index contributed by atoms with van der Waals surface area (Å²) in [5, 5.41) is 33.8. The number of anilines is 3. The van der Waals surface area contributed by atoms with Crippen molar-refractivity contribution in [1.82, 2.24) is 46.1 Å². The van der Waals surface area contributed by atoms with Crippen LogP contribution in [0, 0.1) is 32.1 Å². The minimum Gasteiger partial charge on any atom is -0.444 e. The molecule has 0 aliphatic carbocycles. The van der Waals surface area contributed by atoms with Crippen molar-refractivity contribution in [3.63, 3.8) is 0 Å². The number of nitro groups is 2. The summed E-state index contributed by atoms with van der Waals surface area (Å²) in [5.74, 6) is 0.159. The number of aromatic nitrogens is 4. The highest BCUT2D eigenvalue weighted by Crippen LogP contribution is 2.19. The van der Waals surface area contributed by atoms with Crippen molar-refractivity contribution in [2.75, 3.05) is 126 Å². The van der Waals surface area contributed by atoms with Gasteiger partial charge in [-0.1, -0.05) is 23.9 Å². The third-order valence-electron chi connectivity index (χ3n) is 9.99. The second kappa shape index (κ2) is 32.2. The van der Waals surface area contributed by atoms with Crippen LogP contribution in [0.2, 0.25) is 5.02 Å². The molecule has 4 saturated heterocycles. The molecule has 0 atom stereocenters. The van der Waals surface area contributed by atoms with Gasteiger partial charge in [0.2, 0.25) is 0 Å². The molecule has 4 aliphatic heterocycles. The Morgan fingerprint density at radius 3 is 1.29 bits per heavy atom. The molecule has 4 aliphatic rings. The summed E-state index contributed by atoms with van der Waals surface area (Å²) in [4.78, 5) is 66.4. The van der Waals surface area contributed by atoms with E-state index in [0.717, 1.165) is 119 Å². The Kier molecular flexibility index (Phi) is 28.7. The predicted octanol–water partition coefficient (Wildman–Crippen LogP) is 5.68. The molecule has 22 nitrogen and oxygen atoms in total. The van der Waals surface area contributed by atoms with Gasteiger partial charge in [-0.05, 0) is 87.6 Å². The standard InChI is InChI=1S/C15H23N3O2.C10H15N4O.C9H12N4O2.C5H3ClN2O2.C4H10N2.CH4.2ClH/c1-12-5-6-13(11-16-12)17-7-9-18(10-8-17)14(19)20-15(2,3)4;1-13(15)10-3-2-9(8-12-10)14-6-4-11-5-7-14;14-13(15)9-2-1-8(7-11-9)12-5-3-10-4-6-12;6-4-1-2-5(7-3-4)8(9)10;1-2-6-4-3-5-1;;;/h5-6,11H,7-10H2,1-4H3;2-3,8,11H,4-7H2,1H3;1-2,7,10H,3-6H2;1-3H;5-6H,1-4H2;1H4;2*1H/q;+1;;;;;;. The first-order chi connectivity index (χ1) is 31.6. The number of carbonyl (C=O) groups excluding carboxylic acids is 1. The fourth-order valence-corrected chi connectivity index (χ4v) is 6.58. The average molecular weight is 1030 g/mol. The second-order valence-electron chi connectivity index (χ2n) is 16.2. The number of nitrogens with zero attached hydrogens (tertiary/aromatic N) is 11. The van der Waals surface area contributed by atoms with Crippen LogP contribution in [0.25, 0.3) is 0 Å². The van der Waals surface area contributed by atoms with E-state index < -0.39 is 15.4 Å². The lowest BCUT2D eigenvalue weighted by molar-refractivity contribution is -0.432. The zero-order valence-electron chi connectivity index (χ0n) is 39.2. The van der Waals surface area contributed by atoms with E-state index in [0.29, 0.717) is 23.9 Å². The smallest absolute Gasteiger partial charge is 0.410 e. The van der Waals surface area contributed by atoms with Gasteiger partial charge >= 0.3 is 23.5 Å². The van der Waals surface area contributed by atoms with E-state index in [1.54, 1.807) is 29.4 Å². The number of piperazine rings is 4. The van der Waals surface area contributed by atoms with Crippen LogP contribution < -0.4 is 36.0 Å². The highest BCUT2D eigenvalue weighted by atomic mass is 35.5. The van der Waals surface area contributed by atoms with Crippen molar-refractivity contribution in [2.24, 2.45) is 0 Å². The molecule has 4 aromatic heterocycles. The average Bonchev–Trinajstić information content (AvgIpc) is 3.33. The molecule has 0 saturated carbocycles. The lowest BCUT2D eigenvalue weighted by atomic mass is 10.2. The number of nitrogens with one attached hydrogen (secondary N) is 4. The van der Waals surface area contributed by atoms with Crippen molar-refractivity contribution >= 4 is 77.0 Å². The topological polar surface area (TPSA) is 245 Å². The molecule has 4 N–H and O–H groups in total. The maximum Gasteiger partial charge on any atom is 0.410 e. The quantitative estimate of drug-likeness (QED) is 0.103. The number of pyridine rings is 4. The van der Waals surface area contributed by atoms with Gasteiger partial charge in [-0.25, -0.2) is 4.79 Å². The van der Waals surface area contributed by atoms with E-state index in [-0.39, 0.29) is 50.0 Å². The van der Waals surface area contributed by atoms with Gasteiger partial charge in [-0.3, -0.25) is 4.98 Å². The largest absolute Gasteiger partial charge is 0.444 e. The number of rotatable bonds is 6. The molecule has 0 aromatic carbocycles. The summed E-state index contributed by atoms with van der Waals surface area (Å²) >= 11 is 5.43. The molecule has 4 fully saturated rings. The minimum atomic E-state index is -0.573.